The quantitative estimate of drug-likeness (QED) is 0.149. The van der Waals surface area contributed by atoms with E-state index in [-0.39, 0.29) is 31.6 Å². The van der Waals surface area contributed by atoms with E-state index in [0.717, 1.165) is 0 Å². The predicted octanol–water partition coefficient (Wildman–Crippen LogP) is 2.12. The number of nitrogens with zero attached hydrogens (tertiary/aromatic N) is 1. The Kier molecular flexibility index (Phi) is 24.9. The molecule has 2 fully saturated rings. The van der Waals surface area contributed by atoms with Gasteiger partial charge in [0.2, 0.25) is 0 Å². The zero-order chi connectivity index (χ0) is 52.2. The summed E-state index contributed by atoms with van der Waals surface area (Å²) in [7, 11) is 0. The van der Waals surface area contributed by atoms with Crippen LogP contribution >= 0.6 is 0 Å². The van der Waals surface area contributed by atoms with Crippen molar-refractivity contribution in [2.45, 2.75) is 177 Å². The van der Waals surface area contributed by atoms with Crippen LogP contribution in [0.1, 0.15) is 78.4 Å². The number of carboxylic acid groups (broad SMARTS) is 1. The summed E-state index contributed by atoms with van der Waals surface area (Å²) in [5.41, 5.74) is 0. The van der Waals surface area contributed by atoms with Gasteiger partial charge in [-0.3, -0.25) is 14.6 Å². The highest BCUT2D eigenvalue weighted by Gasteiger charge is 2.48. The van der Waals surface area contributed by atoms with E-state index in [0.29, 0.717) is 5.76 Å². The number of aliphatic hydroxyl groups is 10. The van der Waals surface area contributed by atoms with Crippen molar-refractivity contribution in [1.82, 2.24) is 0 Å². The highest BCUT2D eigenvalue weighted by Crippen LogP contribution is 2.34. The number of carbonyl (C=O) groups excluding carboxylic acids is 1. The first kappa shape index (κ1) is 59.1. The highest BCUT2D eigenvalue weighted by molar-refractivity contribution is 5.76. The third-order valence-electron chi connectivity index (χ3n) is 13.0. The van der Waals surface area contributed by atoms with Crippen LogP contribution in [0, 0.1) is 17.8 Å². The van der Waals surface area contributed by atoms with Gasteiger partial charge in [0, 0.05) is 31.1 Å². The predicted molar refractivity (Wildman–Crippen MR) is 259 cm³/mol. The van der Waals surface area contributed by atoms with Crippen LogP contribution in [0.4, 0.5) is 0 Å². The molecule has 1 unspecified atom stereocenters. The Morgan fingerprint density at radius 3 is 1.86 bits per heavy atom. The van der Waals surface area contributed by atoms with E-state index in [9.17, 15) is 65.8 Å². The van der Waals surface area contributed by atoms with Gasteiger partial charge in [-0.1, -0.05) is 98.9 Å². The number of carbonyl (C=O) groups is 2. The Morgan fingerprint density at radius 2 is 1.25 bits per heavy atom. The molecule has 1 aromatic heterocycles. The van der Waals surface area contributed by atoms with Gasteiger partial charge in [0.25, 0.3) is 0 Å². The number of aliphatic carboxylic acids is 1. The maximum absolute atomic E-state index is 12.7. The molecule has 20 atom stereocenters. The maximum atomic E-state index is 12.7. The van der Waals surface area contributed by atoms with Crippen LogP contribution in [0.5, 0.6) is 0 Å². The second-order valence-electron chi connectivity index (χ2n) is 18.6. The van der Waals surface area contributed by atoms with E-state index in [2.05, 4.69) is 4.99 Å². The van der Waals surface area contributed by atoms with E-state index < -0.39 is 147 Å². The molecule has 0 spiro atoms. The summed E-state index contributed by atoms with van der Waals surface area (Å²) >= 11 is 0. The van der Waals surface area contributed by atoms with Gasteiger partial charge in [0.1, 0.15) is 42.1 Å². The third-order valence-corrected chi connectivity index (χ3v) is 13.0. The lowest BCUT2D eigenvalue weighted by molar-refractivity contribution is -0.279. The molecule has 2 bridgehead atoms. The number of hydrogen-bond acceptors (Lipinski definition) is 18. The lowest BCUT2D eigenvalue weighted by atomic mass is 9.83. The fourth-order valence-electron chi connectivity index (χ4n) is 8.51. The minimum Gasteiger partial charge on any atom is -0.481 e. The number of carboxylic acids is 1. The number of esters is 1. The molecule has 3 aliphatic rings. The molecule has 0 saturated carbocycles. The van der Waals surface area contributed by atoms with Gasteiger partial charge < -0.3 is 79.5 Å². The van der Waals surface area contributed by atoms with Gasteiger partial charge in [-0.25, -0.2) is 0 Å². The zero-order valence-electron chi connectivity index (χ0n) is 40.6. The van der Waals surface area contributed by atoms with Gasteiger partial charge in [-0.2, -0.15) is 0 Å². The first-order valence-corrected chi connectivity index (χ1v) is 24.2. The monoisotopic (exact) mass is 1000 g/mol. The second-order valence-corrected chi connectivity index (χ2v) is 18.6. The number of aliphatic hydroxyl groups excluding tert-OH is 10. The normalized spacial score (nSPS) is 39.6. The molecule has 0 amide bonds. The molecule has 3 aliphatic heterocycles. The van der Waals surface area contributed by atoms with Gasteiger partial charge in [0.15, 0.2) is 6.29 Å². The first-order chi connectivity index (χ1) is 33.8. The summed E-state index contributed by atoms with van der Waals surface area (Å²) < 4.78 is 29.0. The van der Waals surface area contributed by atoms with Crippen molar-refractivity contribution in [1.29, 1.82) is 0 Å². The SMILES string of the molecule is C[C@@H]1[C@H](O)[C@@H](C)C=CC=CC=CC=CC=CC=CC=C[C@H](O[C@H]2O[C@H](C)[C@@H](O)[C@H](N=Cc3ccco3)[C@@H]2O)C[C@@H]2OC(C[C@H](O)[C@H]2C(=O)O)[C@H](O)[C@@H](O)C[C@@H](O)[C@H](O)CC[C@@H](O)C[C@@H](O)CC(=O)O[C@H]1C. The molecule has 4 heterocycles. The minimum absolute atomic E-state index is 0.127. The minimum atomic E-state index is -1.81. The van der Waals surface area contributed by atoms with Crippen molar-refractivity contribution >= 4 is 18.2 Å². The Balaban J connectivity index is 1.58. The van der Waals surface area contributed by atoms with E-state index >= 15 is 0 Å². The Hall–Kier alpha value is -4.45. The number of ether oxygens (including phenoxy) is 4. The van der Waals surface area contributed by atoms with Crippen LogP contribution in [0.2, 0.25) is 0 Å². The maximum Gasteiger partial charge on any atom is 0.311 e. The topological polar surface area (TPSA) is 319 Å². The smallest absolute Gasteiger partial charge is 0.311 e. The molecule has 4 rings (SSSR count). The summed E-state index contributed by atoms with van der Waals surface area (Å²) in [4.78, 5) is 29.6. The molecule has 2 saturated heterocycles. The average molecular weight is 1000 g/mol. The average Bonchev–Trinajstić information content (AvgIpc) is 3.84. The number of fused-ring (bicyclic) bond motifs is 2. The number of aliphatic imine (C=N–C) groups is 1. The molecular weight excluding hydrogens is 927 g/mol. The van der Waals surface area contributed by atoms with Crippen molar-refractivity contribution in [2.24, 2.45) is 22.7 Å². The molecule has 1 aromatic rings. The third kappa shape index (κ3) is 19.2. The molecule has 396 valence electrons. The van der Waals surface area contributed by atoms with E-state index in [1.54, 1.807) is 99.7 Å². The first-order valence-electron chi connectivity index (χ1n) is 24.2. The number of furan rings is 1. The van der Waals surface area contributed by atoms with E-state index in [1.165, 1.54) is 12.5 Å². The number of rotatable bonds is 5. The van der Waals surface area contributed by atoms with Gasteiger partial charge in [-0.05, 0) is 45.2 Å². The summed E-state index contributed by atoms with van der Waals surface area (Å²) in [6.45, 7) is 6.77. The zero-order valence-corrected chi connectivity index (χ0v) is 40.6. The molecule has 19 heteroatoms. The largest absolute Gasteiger partial charge is 0.481 e. The van der Waals surface area contributed by atoms with Gasteiger partial charge in [0.05, 0.1) is 86.0 Å². The summed E-state index contributed by atoms with van der Waals surface area (Å²) in [6.07, 6.45) is 3.49. The van der Waals surface area contributed by atoms with Gasteiger partial charge in [-0.15, -0.1) is 0 Å². The lowest BCUT2D eigenvalue weighted by Gasteiger charge is -2.43. The van der Waals surface area contributed by atoms with Crippen molar-refractivity contribution in [3.05, 3.63) is 109 Å². The van der Waals surface area contributed by atoms with Crippen molar-refractivity contribution in [2.75, 3.05) is 0 Å². The van der Waals surface area contributed by atoms with Crippen LogP contribution in [-0.2, 0) is 28.5 Å². The van der Waals surface area contributed by atoms with Crippen molar-refractivity contribution < 1.29 is 89.1 Å². The Bertz CT molecular complexity index is 1980. The van der Waals surface area contributed by atoms with Crippen LogP contribution in [0.15, 0.2) is 113 Å². The van der Waals surface area contributed by atoms with Crippen molar-refractivity contribution in [3.63, 3.8) is 0 Å². The molecule has 0 radical (unpaired) electrons. The summed E-state index contributed by atoms with van der Waals surface area (Å²) in [5.74, 6) is -4.10. The summed E-state index contributed by atoms with van der Waals surface area (Å²) in [5, 5.41) is 120. The number of cyclic esters (lactones) is 1. The standard InChI is InChI=1S/C52H75NO18/c1-30-18-15-13-11-9-7-5-6-8-10-12-14-16-19-36(70-52-50(64)46(48(62)33(4)69-52)53-29-37-20-17-23-67-37)26-42-45(51(65)66)40(58)28-43(71-42)49(63)41(59)27-39(57)38(56)22-21-34(54)24-35(55)25-44(60)68-32(3)31(2)47(30)61/h5-20,23,29-36,38-43,45-50,52,54-59,61-64H,21-22,24-28H2,1-4H3,(H,65,66)/t30-,31-,32-,33+,34+,35+,36-,38+,39+,40-,41-,42-,43?,45+,46-,47+,48+,49+,50-,52+/m0/s1. The molecule has 0 aliphatic carbocycles. The lowest BCUT2D eigenvalue weighted by Crippen LogP contribution is -2.58. The molecular formula is C52H75NO18. The highest BCUT2D eigenvalue weighted by atomic mass is 16.7. The number of hydrogen-bond donors (Lipinski definition) is 11. The second kappa shape index (κ2) is 29.9. The van der Waals surface area contributed by atoms with Crippen LogP contribution in [0.3, 0.4) is 0 Å². The Morgan fingerprint density at radius 1 is 0.634 bits per heavy atom. The molecule has 11 N–H and O–H groups in total. The molecule has 0 aromatic carbocycles. The van der Waals surface area contributed by atoms with E-state index in [4.69, 9.17) is 23.4 Å². The van der Waals surface area contributed by atoms with E-state index in [1.807, 2.05) is 25.2 Å². The number of allylic oxidation sites excluding steroid dienone is 12. The van der Waals surface area contributed by atoms with Crippen LogP contribution < -0.4 is 0 Å². The van der Waals surface area contributed by atoms with Crippen LogP contribution in [0.25, 0.3) is 0 Å². The molecule has 71 heavy (non-hydrogen) atoms. The van der Waals surface area contributed by atoms with Crippen molar-refractivity contribution in [3.8, 4) is 0 Å². The fraction of sp³-hybridized carbons (Fsp3) is 0.596. The fourth-order valence-corrected chi connectivity index (χ4v) is 8.51. The summed E-state index contributed by atoms with van der Waals surface area (Å²) in [6, 6.07) is 2.14. The van der Waals surface area contributed by atoms with Gasteiger partial charge >= 0.3 is 11.9 Å². The molecule has 19 nitrogen and oxygen atoms in total. The van der Waals surface area contributed by atoms with Crippen LogP contribution in [-0.4, -0.2) is 178 Å². The Labute approximate surface area is 414 Å².